The Balaban J connectivity index is 1.48. The fourth-order valence-electron chi connectivity index (χ4n) is 2.84. The molecule has 0 bridgehead atoms. The average molecular weight is 313 g/mol. The number of carbonyl (C=O) groups is 1. The molecule has 0 aliphatic carbocycles. The van der Waals surface area contributed by atoms with E-state index < -0.39 is 5.82 Å². The van der Waals surface area contributed by atoms with Crippen molar-refractivity contribution in [1.82, 2.24) is 10.2 Å². The van der Waals surface area contributed by atoms with Crippen molar-refractivity contribution in [2.75, 3.05) is 18.4 Å². The Bertz CT molecular complexity index is 662. The summed E-state index contributed by atoms with van der Waals surface area (Å²) in [5.74, 6) is -0.431. The zero-order valence-corrected chi connectivity index (χ0v) is 12.8. The first-order valence-electron chi connectivity index (χ1n) is 7.79. The highest BCUT2D eigenvalue weighted by molar-refractivity contribution is 5.89. The summed E-state index contributed by atoms with van der Waals surface area (Å²) >= 11 is 0. The van der Waals surface area contributed by atoms with Gasteiger partial charge in [0.2, 0.25) is 0 Å². The summed E-state index contributed by atoms with van der Waals surface area (Å²) in [5, 5.41) is 5.47. The molecule has 1 unspecified atom stereocenters. The van der Waals surface area contributed by atoms with Crippen LogP contribution in [0.2, 0.25) is 0 Å². The van der Waals surface area contributed by atoms with Crippen LogP contribution in [0.1, 0.15) is 12.0 Å². The van der Waals surface area contributed by atoms with Crippen molar-refractivity contribution in [3.05, 3.63) is 66.0 Å². The molecule has 1 aliphatic heterocycles. The first-order valence-corrected chi connectivity index (χ1v) is 7.79. The van der Waals surface area contributed by atoms with Crippen molar-refractivity contribution >= 4 is 11.7 Å². The molecule has 2 N–H and O–H groups in total. The molecule has 23 heavy (non-hydrogen) atoms. The van der Waals surface area contributed by atoms with Crippen LogP contribution in [-0.2, 0) is 6.54 Å². The summed E-state index contributed by atoms with van der Waals surface area (Å²) in [6.07, 6.45) is 0.900. The highest BCUT2D eigenvalue weighted by atomic mass is 19.1. The minimum Gasteiger partial charge on any atom is -0.334 e. The topological polar surface area (TPSA) is 44.4 Å². The Morgan fingerprint density at radius 3 is 2.65 bits per heavy atom. The molecule has 1 atom stereocenters. The number of para-hydroxylation sites is 1. The Kier molecular flexibility index (Phi) is 4.88. The monoisotopic (exact) mass is 313 g/mol. The third-order valence-corrected chi connectivity index (χ3v) is 3.98. The lowest BCUT2D eigenvalue weighted by Gasteiger charge is -2.17. The highest BCUT2D eigenvalue weighted by Crippen LogP contribution is 2.15. The molecular weight excluding hydrogens is 293 g/mol. The molecule has 5 heteroatoms. The number of likely N-dealkylation sites (tertiary alicyclic amines) is 1. The summed E-state index contributed by atoms with van der Waals surface area (Å²) < 4.78 is 13.5. The van der Waals surface area contributed by atoms with Gasteiger partial charge in [0.15, 0.2) is 0 Å². The van der Waals surface area contributed by atoms with Crippen molar-refractivity contribution < 1.29 is 9.18 Å². The molecule has 1 aliphatic rings. The van der Waals surface area contributed by atoms with E-state index in [9.17, 15) is 9.18 Å². The molecule has 1 fully saturated rings. The molecule has 120 valence electrons. The average Bonchev–Trinajstić information content (AvgIpc) is 2.97. The van der Waals surface area contributed by atoms with E-state index >= 15 is 0 Å². The first kappa shape index (κ1) is 15.5. The van der Waals surface area contributed by atoms with E-state index in [0.717, 1.165) is 26.1 Å². The number of rotatable bonds is 4. The molecular formula is C18H20FN3O. The minimum atomic E-state index is -0.431. The maximum Gasteiger partial charge on any atom is 0.319 e. The van der Waals surface area contributed by atoms with Gasteiger partial charge in [0.05, 0.1) is 5.69 Å². The fourth-order valence-corrected chi connectivity index (χ4v) is 2.84. The van der Waals surface area contributed by atoms with E-state index in [2.05, 4.69) is 27.7 Å². The van der Waals surface area contributed by atoms with Gasteiger partial charge in [-0.25, -0.2) is 9.18 Å². The van der Waals surface area contributed by atoms with Crippen LogP contribution < -0.4 is 10.6 Å². The van der Waals surface area contributed by atoms with Gasteiger partial charge in [-0.2, -0.15) is 0 Å². The largest absolute Gasteiger partial charge is 0.334 e. The highest BCUT2D eigenvalue weighted by Gasteiger charge is 2.23. The number of nitrogens with one attached hydrogen (secondary N) is 2. The molecule has 2 amide bonds. The van der Waals surface area contributed by atoms with Crippen LogP contribution in [0.5, 0.6) is 0 Å². The lowest BCUT2D eigenvalue weighted by molar-refractivity contribution is 0.247. The Morgan fingerprint density at radius 2 is 1.87 bits per heavy atom. The number of benzene rings is 2. The quantitative estimate of drug-likeness (QED) is 0.910. The van der Waals surface area contributed by atoms with Gasteiger partial charge in [-0.3, -0.25) is 4.90 Å². The fraction of sp³-hybridized carbons (Fsp3) is 0.278. The molecule has 2 aromatic carbocycles. The van der Waals surface area contributed by atoms with E-state index in [1.807, 2.05) is 18.2 Å². The molecule has 0 spiro atoms. The third kappa shape index (κ3) is 4.29. The van der Waals surface area contributed by atoms with Crippen LogP contribution in [0.3, 0.4) is 0 Å². The van der Waals surface area contributed by atoms with Crippen molar-refractivity contribution in [2.45, 2.75) is 19.0 Å². The van der Waals surface area contributed by atoms with Gasteiger partial charge < -0.3 is 10.6 Å². The molecule has 3 rings (SSSR count). The molecule has 0 aromatic heterocycles. The van der Waals surface area contributed by atoms with E-state index in [1.165, 1.54) is 11.6 Å². The first-order chi connectivity index (χ1) is 11.2. The molecule has 1 heterocycles. The molecule has 0 radical (unpaired) electrons. The number of anilines is 1. The third-order valence-electron chi connectivity index (χ3n) is 3.98. The summed E-state index contributed by atoms with van der Waals surface area (Å²) in [5.41, 5.74) is 1.47. The van der Waals surface area contributed by atoms with Crippen LogP contribution in [0.25, 0.3) is 0 Å². The van der Waals surface area contributed by atoms with Crippen LogP contribution in [0.4, 0.5) is 14.9 Å². The van der Waals surface area contributed by atoms with Crippen molar-refractivity contribution in [1.29, 1.82) is 0 Å². The van der Waals surface area contributed by atoms with E-state index in [0.29, 0.717) is 0 Å². The van der Waals surface area contributed by atoms with Gasteiger partial charge in [-0.15, -0.1) is 0 Å². The Hall–Kier alpha value is -2.40. The summed E-state index contributed by atoms with van der Waals surface area (Å²) in [6, 6.07) is 16.2. The molecule has 2 aromatic rings. The number of hydrogen-bond acceptors (Lipinski definition) is 2. The standard InChI is InChI=1S/C18H20FN3O/c19-16-8-4-5-9-17(16)21-18(23)20-15-10-11-22(13-15)12-14-6-2-1-3-7-14/h1-9,15H,10-13H2,(H2,20,21,23). The Labute approximate surface area is 135 Å². The second-order valence-corrected chi connectivity index (χ2v) is 5.78. The summed E-state index contributed by atoms with van der Waals surface area (Å²) in [7, 11) is 0. The summed E-state index contributed by atoms with van der Waals surface area (Å²) in [6.45, 7) is 2.63. The molecule has 1 saturated heterocycles. The number of hydrogen-bond donors (Lipinski definition) is 2. The predicted octanol–water partition coefficient (Wildman–Crippen LogP) is 3.22. The van der Waals surface area contributed by atoms with Crippen LogP contribution in [-0.4, -0.2) is 30.1 Å². The van der Waals surface area contributed by atoms with Gasteiger partial charge in [0.1, 0.15) is 5.82 Å². The smallest absolute Gasteiger partial charge is 0.319 e. The number of nitrogens with zero attached hydrogens (tertiary/aromatic N) is 1. The van der Waals surface area contributed by atoms with Gasteiger partial charge in [0, 0.05) is 25.7 Å². The predicted molar refractivity (Wildman–Crippen MR) is 88.7 cm³/mol. The van der Waals surface area contributed by atoms with Gasteiger partial charge in [-0.1, -0.05) is 42.5 Å². The number of amides is 2. The molecule has 4 nitrogen and oxygen atoms in total. The number of urea groups is 1. The summed E-state index contributed by atoms with van der Waals surface area (Å²) in [4.78, 5) is 14.3. The maximum absolute atomic E-state index is 13.5. The van der Waals surface area contributed by atoms with E-state index in [1.54, 1.807) is 18.2 Å². The van der Waals surface area contributed by atoms with Crippen LogP contribution in [0.15, 0.2) is 54.6 Å². The zero-order chi connectivity index (χ0) is 16.1. The van der Waals surface area contributed by atoms with Crippen molar-refractivity contribution in [3.63, 3.8) is 0 Å². The lowest BCUT2D eigenvalue weighted by atomic mass is 10.2. The van der Waals surface area contributed by atoms with E-state index in [-0.39, 0.29) is 17.8 Å². The van der Waals surface area contributed by atoms with Gasteiger partial charge in [0.25, 0.3) is 0 Å². The second-order valence-electron chi connectivity index (χ2n) is 5.78. The number of carbonyl (C=O) groups excluding carboxylic acids is 1. The Morgan fingerprint density at radius 1 is 1.13 bits per heavy atom. The van der Waals surface area contributed by atoms with E-state index in [4.69, 9.17) is 0 Å². The van der Waals surface area contributed by atoms with Crippen LogP contribution >= 0.6 is 0 Å². The minimum absolute atomic E-state index is 0.0884. The van der Waals surface area contributed by atoms with Crippen molar-refractivity contribution in [3.8, 4) is 0 Å². The van der Waals surface area contributed by atoms with Crippen molar-refractivity contribution in [2.24, 2.45) is 0 Å². The van der Waals surface area contributed by atoms with Gasteiger partial charge in [-0.05, 0) is 24.1 Å². The maximum atomic E-state index is 13.5. The normalized spacial score (nSPS) is 17.9. The van der Waals surface area contributed by atoms with Crippen LogP contribution in [0, 0.1) is 5.82 Å². The van der Waals surface area contributed by atoms with Gasteiger partial charge >= 0.3 is 6.03 Å². The number of halogens is 1. The SMILES string of the molecule is O=C(Nc1ccccc1F)NC1CCN(Cc2ccccc2)C1. The second kappa shape index (κ2) is 7.24. The molecule has 0 saturated carbocycles. The zero-order valence-electron chi connectivity index (χ0n) is 12.8. The lowest BCUT2D eigenvalue weighted by Crippen LogP contribution is -2.39.